The summed E-state index contributed by atoms with van der Waals surface area (Å²) >= 11 is 0. The Kier molecular flexibility index (Phi) is 4.28. The zero-order valence-corrected chi connectivity index (χ0v) is 15.9. The zero-order chi connectivity index (χ0) is 19.0. The van der Waals surface area contributed by atoms with E-state index in [9.17, 15) is 0 Å². The van der Waals surface area contributed by atoms with Crippen molar-refractivity contribution in [2.45, 2.75) is 20.8 Å². The summed E-state index contributed by atoms with van der Waals surface area (Å²) in [6.45, 7) is 6.14. The third-order valence-corrected chi connectivity index (χ3v) is 4.67. The second kappa shape index (κ2) is 6.76. The molecule has 136 valence electrons. The number of aromatic nitrogens is 2. The van der Waals surface area contributed by atoms with E-state index in [1.54, 1.807) is 7.11 Å². The molecule has 0 fully saturated rings. The van der Waals surface area contributed by atoms with Crippen LogP contribution in [-0.2, 0) is 0 Å². The summed E-state index contributed by atoms with van der Waals surface area (Å²) in [6.07, 6.45) is 0. The normalized spacial score (nSPS) is 11.0. The summed E-state index contributed by atoms with van der Waals surface area (Å²) in [5.41, 5.74) is 11.6. The molecule has 0 bridgehead atoms. The van der Waals surface area contributed by atoms with Crippen LogP contribution in [0.2, 0.25) is 0 Å². The molecule has 3 aromatic carbocycles. The highest BCUT2D eigenvalue weighted by atomic mass is 16.5. The summed E-state index contributed by atoms with van der Waals surface area (Å²) in [7, 11) is 1.69. The molecule has 5 nitrogen and oxygen atoms in total. The van der Waals surface area contributed by atoms with Crippen LogP contribution in [0.15, 0.2) is 48.5 Å². The quantitative estimate of drug-likeness (QED) is 0.494. The van der Waals surface area contributed by atoms with Gasteiger partial charge in [0.05, 0.1) is 24.0 Å². The average molecular weight is 358 g/mol. The van der Waals surface area contributed by atoms with Crippen molar-refractivity contribution in [3.05, 3.63) is 65.4 Å². The lowest BCUT2D eigenvalue weighted by Gasteiger charge is -2.14. The minimum Gasteiger partial charge on any atom is -0.496 e. The van der Waals surface area contributed by atoms with E-state index in [0.717, 1.165) is 44.4 Å². The molecular formula is C22H22N4O. The molecule has 0 spiro atoms. The monoisotopic (exact) mass is 358 g/mol. The van der Waals surface area contributed by atoms with Crippen molar-refractivity contribution in [3.8, 4) is 5.75 Å². The van der Waals surface area contributed by atoms with Crippen LogP contribution in [0.4, 0.5) is 11.6 Å². The second-order valence-corrected chi connectivity index (χ2v) is 6.77. The molecule has 4 aromatic rings. The Bertz CT molecular complexity index is 1150. The predicted octanol–water partition coefficient (Wildman–Crippen LogP) is 5.16. The van der Waals surface area contributed by atoms with E-state index in [1.807, 2.05) is 25.1 Å². The van der Waals surface area contributed by atoms with E-state index in [0.29, 0.717) is 5.95 Å². The van der Waals surface area contributed by atoms with Crippen LogP contribution in [-0.4, -0.2) is 17.1 Å². The maximum Gasteiger partial charge on any atom is 0.242 e. The molecule has 0 aliphatic heterocycles. The summed E-state index contributed by atoms with van der Waals surface area (Å²) in [6, 6.07) is 16.4. The lowest BCUT2D eigenvalue weighted by atomic mass is 10.0. The van der Waals surface area contributed by atoms with E-state index >= 15 is 0 Å². The maximum atomic E-state index is 5.50. The first-order valence-corrected chi connectivity index (χ1v) is 8.89. The van der Waals surface area contributed by atoms with Crippen LogP contribution < -0.4 is 15.6 Å². The van der Waals surface area contributed by atoms with Gasteiger partial charge >= 0.3 is 0 Å². The zero-order valence-electron chi connectivity index (χ0n) is 15.9. The molecule has 0 unspecified atom stereocenters. The van der Waals surface area contributed by atoms with Gasteiger partial charge in [-0.25, -0.2) is 9.97 Å². The van der Waals surface area contributed by atoms with E-state index < -0.39 is 0 Å². The topological polar surface area (TPSA) is 59.1 Å². The van der Waals surface area contributed by atoms with Crippen molar-refractivity contribution in [2.24, 2.45) is 0 Å². The number of aryl methyl sites for hydroxylation is 3. The molecule has 0 saturated carbocycles. The van der Waals surface area contributed by atoms with Gasteiger partial charge in [0.2, 0.25) is 5.95 Å². The largest absolute Gasteiger partial charge is 0.496 e. The summed E-state index contributed by atoms with van der Waals surface area (Å²) in [5.74, 6) is 1.40. The first-order valence-electron chi connectivity index (χ1n) is 8.89. The van der Waals surface area contributed by atoms with Crippen LogP contribution >= 0.6 is 0 Å². The number of hydrogen-bond donors (Lipinski definition) is 2. The first-order chi connectivity index (χ1) is 13.0. The smallest absolute Gasteiger partial charge is 0.242 e. The van der Waals surface area contributed by atoms with E-state index in [2.05, 4.69) is 65.0 Å². The third-order valence-electron chi connectivity index (χ3n) is 4.67. The van der Waals surface area contributed by atoms with Gasteiger partial charge in [0.1, 0.15) is 5.75 Å². The molecule has 1 aromatic heterocycles. The van der Waals surface area contributed by atoms with Gasteiger partial charge in [0, 0.05) is 16.2 Å². The van der Waals surface area contributed by atoms with Gasteiger partial charge in [-0.3, -0.25) is 10.9 Å². The Morgan fingerprint density at radius 1 is 0.778 bits per heavy atom. The Hall–Kier alpha value is -3.34. The highest BCUT2D eigenvalue weighted by Crippen LogP contribution is 2.32. The number of methoxy groups -OCH3 is 1. The van der Waals surface area contributed by atoms with E-state index in [1.165, 1.54) is 5.56 Å². The highest BCUT2D eigenvalue weighted by Gasteiger charge is 2.08. The minimum absolute atomic E-state index is 0.543. The minimum atomic E-state index is 0.543. The molecule has 0 radical (unpaired) electrons. The molecule has 0 aliphatic carbocycles. The molecule has 1 heterocycles. The van der Waals surface area contributed by atoms with Gasteiger partial charge in [-0.15, -0.1) is 0 Å². The lowest BCUT2D eigenvalue weighted by Crippen LogP contribution is -2.12. The van der Waals surface area contributed by atoms with Crippen molar-refractivity contribution in [1.29, 1.82) is 0 Å². The van der Waals surface area contributed by atoms with Crippen LogP contribution in [0.25, 0.3) is 21.7 Å². The molecule has 0 saturated heterocycles. The number of anilines is 2. The SMILES string of the molecule is COc1cccc2c(NNc3nc(C)c4cc(C)ccc4n3)cc(C)cc12. The predicted molar refractivity (Wildman–Crippen MR) is 111 cm³/mol. The van der Waals surface area contributed by atoms with Crippen LogP contribution in [0.5, 0.6) is 5.75 Å². The van der Waals surface area contributed by atoms with E-state index in [4.69, 9.17) is 4.74 Å². The van der Waals surface area contributed by atoms with Crippen molar-refractivity contribution in [3.63, 3.8) is 0 Å². The van der Waals surface area contributed by atoms with Gasteiger partial charge in [-0.1, -0.05) is 23.8 Å². The third kappa shape index (κ3) is 3.24. The van der Waals surface area contributed by atoms with Crippen molar-refractivity contribution < 1.29 is 4.74 Å². The maximum absolute atomic E-state index is 5.50. The number of benzene rings is 3. The Labute approximate surface area is 158 Å². The number of fused-ring (bicyclic) bond motifs is 2. The number of nitrogens with zero attached hydrogens (tertiary/aromatic N) is 2. The standard InChI is InChI=1S/C22H22N4O/c1-13-8-9-19-17(10-13)15(3)23-22(24-19)26-25-20-12-14(2)11-18-16(20)6-5-7-21(18)27-4/h5-12,25H,1-4H3,(H,23,24,26). The molecule has 5 heteroatoms. The van der Waals surface area contributed by atoms with Crippen LogP contribution in [0.1, 0.15) is 16.8 Å². The van der Waals surface area contributed by atoms with Crippen LogP contribution in [0.3, 0.4) is 0 Å². The molecule has 0 aliphatic rings. The summed E-state index contributed by atoms with van der Waals surface area (Å²) in [4.78, 5) is 9.20. The lowest BCUT2D eigenvalue weighted by molar-refractivity contribution is 0.420. The molecular weight excluding hydrogens is 336 g/mol. The van der Waals surface area contributed by atoms with Gasteiger partial charge in [-0.2, -0.15) is 0 Å². The molecule has 0 atom stereocenters. The van der Waals surface area contributed by atoms with Gasteiger partial charge < -0.3 is 4.74 Å². The fourth-order valence-electron chi connectivity index (χ4n) is 3.36. The van der Waals surface area contributed by atoms with Crippen LogP contribution in [0, 0.1) is 20.8 Å². The Morgan fingerprint density at radius 3 is 2.41 bits per heavy atom. The number of ether oxygens (including phenoxy) is 1. The molecule has 4 rings (SSSR count). The summed E-state index contributed by atoms with van der Waals surface area (Å²) in [5, 5.41) is 3.21. The van der Waals surface area contributed by atoms with Crippen molar-refractivity contribution in [1.82, 2.24) is 9.97 Å². The average Bonchev–Trinajstić information content (AvgIpc) is 2.66. The fraction of sp³-hybridized carbons (Fsp3) is 0.182. The van der Waals surface area contributed by atoms with Gasteiger partial charge in [0.15, 0.2) is 0 Å². The van der Waals surface area contributed by atoms with Crippen molar-refractivity contribution >= 4 is 33.3 Å². The molecule has 0 amide bonds. The number of nitrogens with one attached hydrogen (secondary N) is 2. The van der Waals surface area contributed by atoms with Gasteiger partial charge in [-0.05, 0) is 56.7 Å². The fourth-order valence-corrected chi connectivity index (χ4v) is 3.36. The molecule has 27 heavy (non-hydrogen) atoms. The van der Waals surface area contributed by atoms with Crippen molar-refractivity contribution in [2.75, 3.05) is 18.0 Å². The molecule has 2 N–H and O–H groups in total. The summed E-state index contributed by atoms with van der Waals surface area (Å²) < 4.78 is 5.50. The Balaban J connectivity index is 1.70. The number of rotatable bonds is 4. The number of hydrogen-bond acceptors (Lipinski definition) is 5. The van der Waals surface area contributed by atoms with E-state index in [-0.39, 0.29) is 0 Å². The Morgan fingerprint density at radius 2 is 1.59 bits per heavy atom. The second-order valence-electron chi connectivity index (χ2n) is 6.77. The number of hydrazine groups is 1. The van der Waals surface area contributed by atoms with Gasteiger partial charge in [0.25, 0.3) is 0 Å². The first kappa shape index (κ1) is 17.1. The highest BCUT2D eigenvalue weighted by molar-refractivity contribution is 5.98.